The molecule has 0 amide bonds. The van der Waals surface area contributed by atoms with Gasteiger partial charge in [-0.1, -0.05) is 166 Å². The summed E-state index contributed by atoms with van der Waals surface area (Å²) in [5, 5.41) is 9.77. The maximum atomic E-state index is 6.92. The Bertz CT molecular complexity index is 4140. The first-order valence-corrected chi connectivity index (χ1v) is 26.4. The van der Waals surface area contributed by atoms with Crippen molar-refractivity contribution in [3.05, 3.63) is 210 Å². The summed E-state index contributed by atoms with van der Waals surface area (Å²) in [5.41, 5.74) is 17.3. The smallest absolute Gasteiger partial charge is 0.121 e. The van der Waals surface area contributed by atoms with Crippen LogP contribution in [0.5, 0.6) is 0 Å². The molecule has 0 spiro atoms. The van der Waals surface area contributed by atoms with E-state index in [0.29, 0.717) is 0 Å². The fourth-order valence-corrected chi connectivity index (χ4v) is 11.6. The van der Waals surface area contributed by atoms with E-state index in [0.717, 1.165) is 55.6 Å². The average molecular weight is 1150 g/mol. The number of imidazole rings is 1. The Morgan fingerprint density at radius 2 is 1.27 bits per heavy atom. The number of rotatable bonds is 6. The fourth-order valence-electron chi connectivity index (χ4n) is 11.6. The van der Waals surface area contributed by atoms with Gasteiger partial charge >= 0.3 is 0 Å². The first-order chi connectivity index (χ1) is 35.5. The number of fused-ring (bicyclic) bond motifs is 7. The molecule has 0 atom stereocenters. The maximum Gasteiger partial charge on any atom is 0.121 e. The zero-order valence-corrected chi connectivity index (χ0v) is 47.3. The van der Waals surface area contributed by atoms with Crippen LogP contribution in [-0.4, -0.2) is 14.5 Å². The molecule has 5 heteroatoms. The summed E-state index contributed by atoms with van der Waals surface area (Å²) in [6, 6.07) is 65.9. The van der Waals surface area contributed by atoms with E-state index in [-0.39, 0.29) is 48.2 Å². The molecule has 4 nitrogen and oxygen atoms in total. The van der Waals surface area contributed by atoms with Crippen molar-refractivity contribution < 1.29 is 24.5 Å². The molecule has 1 aliphatic rings. The third kappa shape index (κ3) is 8.22. The normalized spacial score (nSPS) is 13.9. The van der Waals surface area contributed by atoms with Crippen molar-refractivity contribution in [2.75, 3.05) is 0 Å². The van der Waals surface area contributed by atoms with Crippen molar-refractivity contribution in [3.63, 3.8) is 0 Å². The molecule has 3 heterocycles. The molecule has 0 saturated heterocycles. The zero-order valence-electron chi connectivity index (χ0n) is 44.9. The quantitative estimate of drug-likeness (QED) is 0.123. The summed E-state index contributed by atoms with van der Waals surface area (Å²) >= 11 is 0. The van der Waals surface area contributed by atoms with E-state index in [2.05, 4.69) is 231 Å². The number of aromatic nitrogens is 3. The van der Waals surface area contributed by atoms with Gasteiger partial charge in [-0.2, -0.15) is 0 Å². The predicted octanol–water partition coefficient (Wildman–Crippen LogP) is 19.2. The van der Waals surface area contributed by atoms with E-state index in [4.69, 9.17) is 9.40 Å². The summed E-state index contributed by atoms with van der Waals surface area (Å²) in [4.78, 5) is 9.91. The number of furan rings is 1. The molecule has 1 radical (unpaired) electrons. The minimum atomic E-state index is -0.00798. The Hall–Kier alpha value is -7.17. The van der Waals surface area contributed by atoms with Gasteiger partial charge in [-0.3, -0.25) is 4.98 Å². The summed E-state index contributed by atoms with van der Waals surface area (Å²) in [7, 11) is 0. The van der Waals surface area contributed by atoms with Crippen LogP contribution in [0.25, 0.3) is 105 Å². The van der Waals surface area contributed by atoms with E-state index < -0.39 is 0 Å². The fraction of sp³-hybridized carbons (Fsp3) is 0.229. The van der Waals surface area contributed by atoms with Gasteiger partial charge in [-0.25, -0.2) is 0 Å². The Kier molecular flexibility index (Phi) is 12.4. The monoisotopic (exact) mass is 1150 g/mol. The molecule has 0 unspecified atom stereocenters. The summed E-state index contributed by atoms with van der Waals surface area (Å²) in [6.45, 7) is 25.5. The molecule has 375 valence electrons. The third-order valence-electron chi connectivity index (χ3n) is 16.6. The molecular weight excluding hydrogens is 1090 g/mol. The summed E-state index contributed by atoms with van der Waals surface area (Å²) in [6.07, 6.45) is 1.95. The summed E-state index contributed by atoms with van der Waals surface area (Å²) < 4.78 is 9.33. The van der Waals surface area contributed by atoms with Crippen LogP contribution >= 0.6 is 0 Å². The first kappa shape index (κ1) is 50.0. The number of nitrogens with zero attached hydrogens (tertiary/aromatic N) is 3. The molecule has 0 bridgehead atoms. The molecule has 9 aromatic carbocycles. The van der Waals surface area contributed by atoms with Gasteiger partial charge in [0.25, 0.3) is 0 Å². The van der Waals surface area contributed by atoms with Gasteiger partial charge in [-0.15, -0.1) is 54.1 Å². The van der Waals surface area contributed by atoms with Crippen LogP contribution in [0.2, 0.25) is 0 Å². The van der Waals surface area contributed by atoms with Crippen molar-refractivity contribution in [3.8, 4) is 39.5 Å². The van der Waals surface area contributed by atoms with Gasteiger partial charge in [0, 0.05) is 37.4 Å². The first-order valence-electron chi connectivity index (χ1n) is 26.4. The van der Waals surface area contributed by atoms with Crippen LogP contribution in [0.3, 0.4) is 0 Å². The molecule has 0 N–H and O–H groups in total. The van der Waals surface area contributed by atoms with Crippen LogP contribution in [-0.2, 0) is 36.4 Å². The van der Waals surface area contributed by atoms with Gasteiger partial charge in [0.05, 0.1) is 22.4 Å². The van der Waals surface area contributed by atoms with Gasteiger partial charge in [-0.05, 0) is 154 Å². The standard InChI is InChI=1S/C55H47N2O.C15H16N.Ir/c1-31(2)41-27-37(36-25-35-16-13-20-45-50(35)46(29-36)55(7,8)54(45,5)6)28-42(32(3)4)51(41)57-48-22-12-11-21-47(48)56-53(57)40-19-14-18-39-44-26-34-24-23-33-15-9-10-17-38(33)43(34)30-49(44)58-52(39)40;1-15(2,3)13-9-10-14(16-11-13)12-7-5-4-6-8-12;/h9-18,20-32H,1-8H3;4-7,9-11H,1-3H3;/q2*-1;. The maximum absolute atomic E-state index is 6.92. The number of pyridine rings is 1. The molecule has 0 aliphatic heterocycles. The van der Waals surface area contributed by atoms with Crippen molar-refractivity contribution in [2.45, 2.75) is 104 Å². The van der Waals surface area contributed by atoms with Crippen molar-refractivity contribution in [2.24, 2.45) is 0 Å². The Balaban J connectivity index is 0.000000304. The van der Waals surface area contributed by atoms with E-state index in [1.54, 1.807) is 0 Å². The molecule has 3 aromatic heterocycles. The molecular formula is C70H63IrN3O-2. The Labute approximate surface area is 455 Å². The van der Waals surface area contributed by atoms with E-state index in [1.807, 2.05) is 36.5 Å². The van der Waals surface area contributed by atoms with Gasteiger partial charge in [0.15, 0.2) is 0 Å². The number of benzene rings is 9. The van der Waals surface area contributed by atoms with Crippen LogP contribution in [0.15, 0.2) is 174 Å². The predicted molar refractivity (Wildman–Crippen MR) is 312 cm³/mol. The van der Waals surface area contributed by atoms with Crippen LogP contribution < -0.4 is 0 Å². The van der Waals surface area contributed by atoms with E-state index in [9.17, 15) is 0 Å². The minimum Gasteiger partial charge on any atom is -0.501 e. The van der Waals surface area contributed by atoms with Crippen molar-refractivity contribution in [1.82, 2.24) is 14.5 Å². The second-order valence-electron chi connectivity index (χ2n) is 23.3. The van der Waals surface area contributed by atoms with Crippen LogP contribution in [0, 0.1) is 12.1 Å². The van der Waals surface area contributed by atoms with Crippen molar-refractivity contribution in [1.29, 1.82) is 0 Å². The summed E-state index contributed by atoms with van der Waals surface area (Å²) in [5.74, 6) is 1.33. The van der Waals surface area contributed by atoms with Crippen molar-refractivity contribution >= 4 is 65.3 Å². The zero-order chi connectivity index (χ0) is 51.4. The van der Waals surface area contributed by atoms with Crippen LogP contribution in [0.4, 0.5) is 0 Å². The Morgan fingerprint density at radius 3 is 1.99 bits per heavy atom. The minimum absolute atomic E-state index is 0. The van der Waals surface area contributed by atoms with Gasteiger partial charge in [0.2, 0.25) is 0 Å². The van der Waals surface area contributed by atoms with Gasteiger partial charge < -0.3 is 14.0 Å². The molecule has 75 heavy (non-hydrogen) atoms. The molecule has 0 fully saturated rings. The Morgan fingerprint density at radius 1 is 0.573 bits per heavy atom. The van der Waals surface area contributed by atoms with E-state index >= 15 is 0 Å². The average Bonchev–Trinajstić information content (AvgIpc) is 4.02. The second-order valence-corrected chi connectivity index (χ2v) is 23.3. The molecule has 13 rings (SSSR count). The molecule has 12 aromatic rings. The van der Waals surface area contributed by atoms with Crippen LogP contribution in [0.1, 0.15) is 116 Å². The number of para-hydroxylation sites is 2. The SMILES string of the molecule is CC(C)(C)c1ccc(-c2[c-]cccc2)nc1.CC(C)c1cc(-c2cc3c4c(cccc4c2)C(C)(C)C3(C)C)cc(C(C)C)c1-n1c(-c2[c-]ccc3c2oc2cc4c(ccc5ccccc54)cc23)nc2ccccc21.[Ir]. The topological polar surface area (TPSA) is 43.9 Å². The van der Waals surface area contributed by atoms with Gasteiger partial charge in [0.1, 0.15) is 5.58 Å². The van der Waals surface area contributed by atoms with E-state index in [1.165, 1.54) is 76.9 Å². The third-order valence-corrected chi connectivity index (χ3v) is 16.6. The largest absolute Gasteiger partial charge is 0.501 e. The number of hydrogen-bond donors (Lipinski definition) is 0. The molecule has 0 saturated carbocycles. The second kappa shape index (κ2) is 18.6. The molecule has 1 aliphatic carbocycles. The number of hydrogen-bond acceptors (Lipinski definition) is 3.